The molecule has 180 valence electrons. The maximum atomic E-state index is 12.7. The Bertz CT molecular complexity index is 1580. The maximum Gasteiger partial charge on any atom is 0.244 e. The minimum atomic E-state index is -3.73. The number of rotatable bonds is 10. The fourth-order valence-corrected chi connectivity index (χ4v) is 5.16. The van der Waals surface area contributed by atoms with Crippen LogP contribution in [0.4, 0.5) is 5.82 Å². The Hall–Kier alpha value is -3.96. The van der Waals surface area contributed by atoms with Crippen LogP contribution in [-0.4, -0.2) is 53.4 Å². The summed E-state index contributed by atoms with van der Waals surface area (Å²) in [6, 6.07) is 18.4. The topological polar surface area (TPSA) is 126 Å². The number of ether oxygens (including phenoxy) is 1. The zero-order valence-electron chi connectivity index (χ0n) is 19.1. The van der Waals surface area contributed by atoms with Gasteiger partial charge in [0.15, 0.2) is 11.5 Å². The number of nitrogens with zero attached hydrogens (tertiary/aromatic N) is 4. The van der Waals surface area contributed by atoms with Gasteiger partial charge in [0.1, 0.15) is 16.5 Å². The van der Waals surface area contributed by atoms with E-state index >= 15 is 0 Å². The first-order chi connectivity index (χ1) is 17.0. The lowest BCUT2D eigenvalue weighted by Gasteiger charge is -2.10. The molecule has 0 saturated carbocycles. The number of para-hydroxylation sites is 2. The van der Waals surface area contributed by atoms with Crippen molar-refractivity contribution in [1.29, 1.82) is 0 Å². The van der Waals surface area contributed by atoms with Gasteiger partial charge >= 0.3 is 0 Å². The van der Waals surface area contributed by atoms with E-state index in [-0.39, 0.29) is 17.2 Å². The monoisotopic (exact) mass is 491 g/mol. The molecular weight excluding hydrogens is 466 g/mol. The quantitative estimate of drug-likeness (QED) is 0.274. The van der Waals surface area contributed by atoms with Gasteiger partial charge in [-0.1, -0.05) is 30.3 Å². The largest absolute Gasteiger partial charge is 0.495 e. The molecule has 0 radical (unpaired) electrons. The molecule has 0 amide bonds. The Balaban J connectivity index is 1.23. The molecule has 3 heterocycles. The van der Waals surface area contributed by atoms with Crippen molar-refractivity contribution in [2.45, 2.75) is 17.7 Å². The lowest BCUT2D eigenvalue weighted by molar-refractivity contribution is 0.402. The van der Waals surface area contributed by atoms with Crippen molar-refractivity contribution in [3.8, 4) is 5.75 Å². The van der Waals surface area contributed by atoms with Crippen LogP contribution >= 0.6 is 0 Å². The van der Waals surface area contributed by atoms with E-state index in [4.69, 9.17) is 4.74 Å². The molecule has 0 unspecified atom stereocenters. The third kappa shape index (κ3) is 4.81. The molecule has 35 heavy (non-hydrogen) atoms. The normalized spacial score (nSPS) is 11.8. The smallest absolute Gasteiger partial charge is 0.244 e. The van der Waals surface area contributed by atoms with Crippen LogP contribution in [0.1, 0.15) is 11.4 Å². The second-order valence-corrected chi connectivity index (χ2v) is 9.68. The molecule has 0 atom stereocenters. The van der Waals surface area contributed by atoms with Crippen molar-refractivity contribution in [2.75, 3.05) is 25.5 Å². The first-order valence-electron chi connectivity index (χ1n) is 11.2. The summed E-state index contributed by atoms with van der Waals surface area (Å²) in [6.45, 7) is 0.845. The minimum Gasteiger partial charge on any atom is -0.495 e. The van der Waals surface area contributed by atoms with E-state index in [1.807, 2.05) is 30.5 Å². The van der Waals surface area contributed by atoms with Gasteiger partial charge in [0.2, 0.25) is 10.0 Å². The summed E-state index contributed by atoms with van der Waals surface area (Å²) in [5.74, 6) is 1.54. The summed E-state index contributed by atoms with van der Waals surface area (Å²) in [5.41, 5.74) is 2.95. The average molecular weight is 492 g/mol. The number of hydrogen-bond acceptors (Lipinski definition) is 7. The molecule has 5 rings (SSSR count). The standard InChI is InChI=1S/C24H25N7O3S/c1-34-20-8-4-5-9-21(20)35(32,33)27-15-13-24-29-28-23-11-10-22(30-31(23)24)25-14-12-17-16-26-19-7-3-2-6-18(17)19/h2-11,16,26-27H,12-15H2,1H3,(H,25,30). The Labute approximate surface area is 202 Å². The average Bonchev–Trinajstić information content (AvgIpc) is 3.48. The van der Waals surface area contributed by atoms with Gasteiger partial charge in [0.25, 0.3) is 0 Å². The number of hydrogen-bond donors (Lipinski definition) is 3. The third-order valence-corrected chi connectivity index (χ3v) is 7.20. The summed E-state index contributed by atoms with van der Waals surface area (Å²) in [7, 11) is -2.30. The SMILES string of the molecule is COc1ccccc1S(=O)(=O)NCCc1nnc2ccc(NCCc3c[nH]c4ccccc34)nn12. The van der Waals surface area contributed by atoms with Gasteiger partial charge in [0.05, 0.1) is 7.11 Å². The Morgan fingerprint density at radius 3 is 2.69 bits per heavy atom. The second kappa shape index (κ2) is 9.72. The molecule has 3 aromatic heterocycles. The highest BCUT2D eigenvalue weighted by Crippen LogP contribution is 2.22. The number of sulfonamides is 1. The van der Waals surface area contributed by atoms with Crippen LogP contribution in [-0.2, 0) is 22.9 Å². The van der Waals surface area contributed by atoms with E-state index in [1.54, 1.807) is 22.7 Å². The van der Waals surface area contributed by atoms with Crippen LogP contribution in [0.3, 0.4) is 0 Å². The highest BCUT2D eigenvalue weighted by atomic mass is 32.2. The summed E-state index contributed by atoms with van der Waals surface area (Å²) in [6.07, 6.45) is 3.19. The summed E-state index contributed by atoms with van der Waals surface area (Å²) in [5, 5.41) is 17.5. The van der Waals surface area contributed by atoms with Crippen LogP contribution in [0.25, 0.3) is 16.6 Å². The number of methoxy groups -OCH3 is 1. The number of aromatic nitrogens is 5. The van der Waals surface area contributed by atoms with E-state index in [2.05, 4.69) is 42.5 Å². The predicted molar refractivity (Wildman–Crippen MR) is 133 cm³/mol. The number of nitrogens with one attached hydrogen (secondary N) is 3. The van der Waals surface area contributed by atoms with Crippen molar-refractivity contribution in [3.63, 3.8) is 0 Å². The van der Waals surface area contributed by atoms with Crippen molar-refractivity contribution in [3.05, 3.63) is 78.2 Å². The molecule has 0 aliphatic carbocycles. The minimum absolute atomic E-state index is 0.0911. The van der Waals surface area contributed by atoms with Gasteiger partial charge in [0, 0.05) is 36.6 Å². The zero-order chi connectivity index (χ0) is 24.3. The van der Waals surface area contributed by atoms with Crippen LogP contribution < -0.4 is 14.8 Å². The number of anilines is 1. The Kier molecular flexibility index (Phi) is 6.34. The van der Waals surface area contributed by atoms with Gasteiger partial charge < -0.3 is 15.0 Å². The number of aromatic amines is 1. The fraction of sp³-hybridized carbons (Fsp3) is 0.208. The molecule has 0 fully saturated rings. The van der Waals surface area contributed by atoms with Crippen LogP contribution in [0.15, 0.2) is 71.8 Å². The Morgan fingerprint density at radius 2 is 1.80 bits per heavy atom. The zero-order valence-corrected chi connectivity index (χ0v) is 19.9. The summed E-state index contributed by atoms with van der Waals surface area (Å²) < 4.78 is 34.8. The van der Waals surface area contributed by atoms with Crippen molar-refractivity contribution in [2.24, 2.45) is 0 Å². The van der Waals surface area contributed by atoms with E-state index in [1.165, 1.54) is 24.1 Å². The Morgan fingerprint density at radius 1 is 0.971 bits per heavy atom. The first kappa shape index (κ1) is 22.8. The summed E-state index contributed by atoms with van der Waals surface area (Å²) in [4.78, 5) is 3.38. The summed E-state index contributed by atoms with van der Waals surface area (Å²) >= 11 is 0. The molecule has 0 aliphatic heterocycles. The van der Waals surface area contributed by atoms with E-state index in [9.17, 15) is 8.42 Å². The molecule has 5 aromatic rings. The van der Waals surface area contributed by atoms with Crippen molar-refractivity contribution >= 4 is 32.4 Å². The highest BCUT2D eigenvalue weighted by Gasteiger charge is 2.19. The lowest BCUT2D eigenvalue weighted by atomic mass is 10.1. The van der Waals surface area contributed by atoms with Gasteiger partial charge in [-0.15, -0.1) is 15.3 Å². The molecule has 0 spiro atoms. The van der Waals surface area contributed by atoms with Gasteiger partial charge in [-0.25, -0.2) is 13.1 Å². The van der Waals surface area contributed by atoms with Crippen molar-refractivity contribution < 1.29 is 13.2 Å². The maximum absolute atomic E-state index is 12.7. The van der Waals surface area contributed by atoms with Gasteiger partial charge in [-0.3, -0.25) is 0 Å². The predicted octanol–water partition coefficient (Wildman–Crippen LogP) is 2.79. The number of benzene rings is 2. The number of H-pyrrole nitrogens is 1. The molecule has 0 aliphatic rings. The number of fused-ring (bicyclic) bond motifs is 2. The molecule has 3 N–H and O–H groups in total. The van der Waals surface area contributed by atoms with Crippen LogP contribution in [0.5, 0.6) is 5.75 Å². The van der Waals surface area contributed by atoms with E-state index in [0.29, 0.717) is 30.3 Å². The van der Waals surface area contributed by atoms with Crippen LogP contribution in [0, 0.1) is 0 Å². The second-order valence-electron chi connectivity index (χ2n) is 7.94. The van der Waals surface area contributed by atoms with E-state index < -0.39 is 10.0 Å². The fourth-order valence-electron chi connectivity index (χ4n) is 3.96. The van der Waals surface area contributed by atoms with Gasteiger partial charge in [-0.2, -0.15) is 4.52 Å². The first-order valence-corrected chi connectivity index (χ1v) is 12.7. The van der Waals surface area contributed by atoms with Crippen molar-refractivity contribution in [1.82, 2.24) is 29.5 Å². The van der Waals surface area contributed by atoms with Gasteiger partial charge in [-0.05, 0) is 42.3 Å². The molecule has 0 bridgehead atoms. The molecular formula is C24H25N7O3S. The molecule has 10 nitrogen and oxygen atoms in total. The van der Waals surface area contributed by atoms with E-state index in [0.717, 1.165) is 11.9 Å². The lowest BCUT2D eigenvalue weighted by Crippen LogP contribution is -2.27. The molecule has 11 heteroatoms. The highest BCUT2D eigenvalue weighted by molar-refractivity contribution is 7.89. The van der Waals surface area contributed by atoms with Crippen LogP contribution in [0.2, 0.25) is 0 Å². The molecule has 2 aromatic carbocycles. The third-order valence-electron chi connectivity index (χ3n) is 5.70. The molecule has 0 saturated heterocycles.